The van der Waals surface area contributed by atoms with Crippen molar-refractivity contribution in [3.05, 3.63) is 59.2 Å². The maximum Gasteiger partial charge on any atom is 0.227 e. The molecule has 2 aromatic rings. The fourth-order valence-corrected chi connectivity index (χ4v) is 3.55. The van der Waals surface area contributed by atoms with Crippen molar-refractivity contribution in [2.24, 2.45) is 0 Å². The van der Waals surface area contributed by atoms with Gasteiger partial charge in [-0.3, -0.25) is 4.79 Å². The third-order valence-corrected chi connectivity index (χ3v) is 4.81. The van der Waals surface area contributed by atoms with Gasteiger partial charge in [0, 0.05) is 30.5 Å². The number of aryl methyl sites for hydroxylation is 2. The highest BCUT2D eigenvalue weighted by Crippen LogP contribution is 2.26. The van der Waals surface area contributed by atoms with Crippen LogP contribution in [-0.2, 0) is 11.2 Å². The lowest BCUT2D eigenvalue weighted by Crippen LogP contribution is -2.40. The molecule has 0 radical (unpaired) electrons. The summed E-state index contributed by atoms with van der Waals surface area (Å²) in [5.74, 6) is -0.274. The number of hydrogen-bond acceptors (Lipinski definition) is 1. The minimum Gasteiger partial charge on any atom is -0.346 e. The van der Waals surface area contributed by atoms with Crippen LogP contribution in [0.2, 0.25) is 0 Å². The van der Waals surface area contributed by atoms with E-state index in [1.807, 2.05) is 4.90 Å². The molecular formula is C19H23FN2O. The van der Waals surface area contributed by atoms with Gasteiger partial charge in [-0.15, -0.1) is 0 Å². The summed E-state index contributed by atoms with van der Waals surface area (Å²) in [5.41, 5.74) is 3.04. The van der Waals surface area contributed by atoms with Gasteiger partial charge in [0.25, 0.3) is 0 Å². The Kier molecular flexibility index (Phi) is 4.51. The number of hydrogen-bond donors (Lipinski definition) is 0. The van der Waals surface area contributed by atoms with Gasteiger partial charge in [-0.2, -0.15) is 0 Å². The fraction of sp³-hybridized carbons (Fsp3) is 0.421. The molecule has 1 aromatic heterocycles. The quantitative estimate of drug-likeness (QED) is 0.849. The van der Waals surface area contributed by atoms with Crippen molar-refractivity contribution < 1.29 is 9.18 Å². The lowest BCUT2D eigenvalue weighted by molar-refractivity contribution is -0.131. The number of carbonyl (C=O) groups is 1. The van der Waals surface area contributed by atoms with Crippen LogP contribution in [0.4, 0.5) is 4.39 Å². The number of carbonyl (C=O) groups excluding carboxylic acids is 1. The summed E-state index contributed by atoms with van der Waals surface area (Å²) < 4.78 is 16.1. The Hall–Kier alpha value is -2.10. The molecule has 1 aliphatic heterocycles. The first kappa shape index (κ1) is 15.8. The molecule has 1 aromatic carbocycles. The topological polar surface area (TPSA) is 25.2 Å². The van der Waals surface area contributed by atoms with Gasteiger partial charge in [0.1, 0.15) is 5.82 Å². The van der Waals surface area contributed by atoms with E-state index in [0.717, 1.165) is 25.9 Å². The summed E-state index contributed by atoms with van der Waals surface area (Å²) in [4.78, 5) is 14.3. The molecule has 1 amide bonds. The third kappa shape index (κ3) is 3.31. The number of amides is 1. The third-order valence-electron chi connectivity index (χ3n) is 4.81. The number of piperidine rings is 1. The van der Waals surface area contributed by atoms with Crippen molar-refractivity contribution in [1.29, 1.82) is 0 Å². The fourth-order valence-electron chi connectivity index (χ4n) is 3.55. The van der Waals surface area contributed by atoms with E-state index >= 15 is 0 Å². The average molecular weight is 314 g/mol. The Balaban J connectivity index is 1.61. The van der Waals surface area contributed by atoms with Crippen LogP contribution in [0.3, 0.4) is 0 Å². The zero-order chi connectivity index (χ0) is 16.4. The predicted octanol–water partition coefficient (Wildman–Crippen LogP) is 3.65. The monoisotopic (exact) mass is 314 g/mol. The van der Waals surface area contributed by atoms with Gasteiger partial charge in [0.15, 0.2) is 0 Å². The average Bonchev–Trinajstić information content (AvgIpc) is 2.88. The van der Waals surface area contributed by atoms with Crippen molar-refractivity contribution in [2.45, 2.75) is 39.2 Å². The molecule has 0 spiro atoms. The van der Waals surface area contributed by atoms with Gasteiger partial charge in [-0.25, -0.2) is 4.39 Å². The van der Waals surface area contributed by atoms with Crippen LogP contribution in [-0.4, -0.2) is 28.5 Å². The van der Waals surface area contributed by atoms with Crippen molar-refractivity contribution >= 4 is 5.91 Å². The summed E-state index contributed by atoms with van der Waals surface area (Å²) in [6.07, 6.45) is 2.07. The molecule has 3 nitrogen and oxygen atoms in total. The minimum absolute atomic E-state index is 0.0227. The Bertz CT molecular complexity index is 680. The molecule has 4 heteroatoms. The molecule has 23 heavy (non-hydrogen) atoms. The first-order valence-electron chi connectivity index (χ1n) is 8.22. The van der Waals surface area contributed by atoms with Crippen LogP contribution in [0.25, 0.3) is 0 Å². The molecule has 122 valence electrons. The van der Waals surface area contributed by atoms with E-state index in [1.54, 1.807) is 18.2 Å². The minimum atomic E-state index is -0.297. The molecule has 1 saturated heterocycles. The lowest BCUT2D eigenvalue weighted by atomic mass is 10.0. The second-order valence-corrected chi connectivity index (χ2v) is 6.37. The summed E-state index contributed by atoms with van der Waals surface area (Å²) in [7, 11) is 0. The second-order valence-electron chi connectivity index (χ2n) is 6.37. The van der Waals surface area contributed by atoms with Gasteiger partial charge < -0.3 is 9.47 Å². The Labute approximate surface area is 136 Å². The lowest BCUT2D eigenvalue weighted by Gasteiger charge is -2.34. The van der Waals surface area contributed by atoms with E-state index in [2.05, 4.69) is 30.5 Å². The van der Waals surface area contributed by atoms with E-state index in [1.165, 1.54) is 17.5 Å². The van der Waals surface area contributed by atoms with Crippen LogP contribution < -0.4 is 0 Å². The molecule has 0 aliphatic carbocycles. The van der Waals surface area contributed by atoms with Crippen molar-refractivity contribution in [3.63, 3.8) is 0 Å². The molecular weight excluding hydrogens is 291 g/mol. The Morgan fingerprint density at radius 3 is 2.30 bits per heavy atom. The predicted molar refractivity (Wildman–Crippen MR) is 88.9 cm³/mol. The van der Waals surface area contributed by atoms with Gasteiger partial charge in [-0.1, -0.05) is 18.2 Å². The second kappa shape index (κ2) is 6.57. The van der Waals surface area contributed by atoms with Crippen LogP contribution in [0.15, 0.2) is 36.4 Å². The van der Waals surface area contributed by atoms with Crippen LogP contribution in [0.5, 0.6) is 0 Å². The van der Waals surface area contributed by atoms with E-state index in [9.17, 15) is 9.18 Å². The SMILES string of the molecule is Cc1ccc(C)n1C1CCN(C(=O)Cc2ccccc2F)CC1. The number of rotatable bonds is 3. The molecule has 1 aliphatic rings. The van der Waals surface area contributed by atoms with E-state index in [0.29, 0.717) is 11.6 Å². The zero-order valence-electron chi connectivity index (χ0n) is 13.8. The van der Waals surface area contributed by atoms with E-state index in [4.69, 9.17) is 0 Å². The molecule has 0 N–H and O–H groups in total. The number of aromatic nitrogens is 1. The van der Waals surface area contributed by atoms with Gasteiger partial charge >= 0.3 is 0 Å². The smallest absolute Gasteiger partial charge is 0.227 e. The van der Waals surface area contributed by atoms with Gasteiger partial charge in [-0.05, 0) is 50.5 Å². The van der Waals surface area contributed by atoms with Crippen molar-refractivity contribution in [2.75, 3.05) is 13.1 Å². The van der Waals surface area contributed by atoms with Crippen molar-refractivity contribution in [1.82, 2.24) is 9.47 Å². The van der Waals surface area contributed by atoms with Crippen molar-refractivity contribution in [3.8, 4) is 0 Å². The highest BCUT2D eigenvalue weighted by atomic mass is 19.1. The van der Waals surface area contributed by atoms with Crippen LogP contribution in [0.1, 0.15) is 35.8 Å². The zero-order valence-corrected chi connectivity index (χ0v) is 13.8. The maximum absolute atomic E-state index is 13.7. The molecule has 0 bridgehead atoms. The maximum atomic E-state index is 13.7. The molecule has 0 unspecified atom stereocenters. The normalized spacial score (nSPS) is 15.9. The number of benzene rings is 1. The number of halogens is 1. The Morgan fingerprint density at radius 2 is 1.70 bits per heavy atom. The largest absolute Gasteiger partial charge is 0.346 e. The molecule has 0 saturated carbocycles. The first-order chi connectivity index (χ1) is 11.1. The molecule has 0 atom stereocenters. The summed E-state index contributed by atoms with van der Waals surface area (Å²) in [6, 6.07) is 11.3. The highest BCUT2D eigenvalue weighted by Gasteiger charge is 2.25. The summed E-state index contributed by atoms with van der Waals surface area (Å²) in [5, 5.41) is 0. The first-order valence-corrected chi connectivity index (χ1v) is 8.22. The molecule has 1 fully saturated rings. The standard InChI is InChI=1S/C19H23FN2O/c1-14-7-8-15(2)22(14)17-9-11-21(12-10-17)19(23)13-16-5-3-4-6-18(16)20/h3-8,17H,9-13H2,1-2H3. The Morgan fingerprint density at radius 1 is 1.09 bits per heavy atom. The van der Waals surface area contributed by atoms with Gasteiger partial charge in [0.05, 0.1) is 6.42 Å². The number of nitrogens with zero attached hydrogens (tertiary/aromatic N) is 2. The van der Waals surface area contributed by atoms with E-state index in [-0.39, 0.29) is 18.1 Å². The molecule has 2 heterocycles. The van der Waals surface area contributed by atoms with Gasteiger partial charge in [0.2, 0.25) is 5.91 Å². The summed E-state index contributed by atoms with van der Waals surface area (Å²) >= 11 is 0. The van der Waals surface area contributed by atoms with E-state index < -0.39 is 0 Å². The van der Waals surface area contributed by atoms with Crippen LogP contribution in [0, 0.1) is 19.7 Å². The molecule has 3 rings (SSSR count). The summed E-state index contributed by atoms with van der Waals surface area (Å²) in [6.45, 7) is 5.75. The van der Waals surface area contributed by atoms with Crippen LogP contribution >= 0.6 is 0 Å². The highest BCUT2D eigenvalue weighted by molar-refractivity contribution is 5.78. The number of likely N-dealkylation sites (tertiary alicyclic amines) is 1.